The number of halogens is 1. The van der Waals surface area contributed by atoms with Crippen molar-refractivity contribution in [1.82, 2.24) is 20.1 Å². The molecule has 1 aromatic heterocycles. The van der Waals surface area contributed by atoms with Gasteiger partial charge < -0.3 is 24.8 Å². The number of ether oxygens (including phenoxy) is 1. The molecule has 2 aliphatic heterocycles. The van der Waals surface area contributed by atoms with Gasteiger partial charge in [-0.05, 0) is 98.7 Å². The van der Waals surface area contributed by atoms with Gasteiger partial charge in [0.15, 0.2) is 0 Å². The number of carbonyl (C=O) groups is 1. The average molecular weight is 658 g/mol. The Balaban J connectivity index is 1.49. The van der Waals surface area contributed by atoms with Crippen LogP contribution in [0.5, 0.6) is 0 Å². The first-order chi connectivity index (χ1) is 22.6. The lowest BCUT2D eigenvalue weighted by molar-refractivity contribution is 0.0342. The quantitative estimate of drug-likeness (QED) is 0.233. The second kappa shape index (κ2) is 15.4. The van der Waals surface area contributed by atoms with Crippen molar-refractivity contribution in [2.75, 3.05) is 50.8 Å². The molecule has 47 heavy (non-hydrogen) atoms. The average Bonchev–Trinajstić information content (AvgIpc) is 3.06. The largest absolute Gasteiger partial charge is 0.379 e. The van der Waals surface area contributed by atoms with E-state index in [1.807, 2.05) is 45.0 Å². The van der Waals surface area contributed by atoms with Crippen LogP contribution in [-0.2, 0) is 17.8 Å². The highest BCUT2D eigenvalue weighted by molar-refractivity contribution is 6.31. The van der Waals surface area contributed by atoms with Gasteiger partial charge in [0.05, 0.1) is 13.2 Å². The van der Waals surface area contributed by atoms with Crippen molar-refractivity contribution in [3.8, 4) is 11.1 Å². The first-order valence-corrected chi connectivity index (χ1v) is 17.0. The van der Waals surface area contributed by atoms with E-state index in [4.69, 9.17) is 16.3 Å². The third-order valence-electron chi connectivity index (χ3n) is 9.63. The van der Waals surface area contributed by atoms with Gasteiger partial charge in [0, 0.05) is 85.1 Å². The van der Waals surface area contributed by atoms with Crippen molar-refractivity contribution in [3.05, 3.63) is 110 Å². The number of aryl methyl sites for hydroxylation is 2. The SMILES string of the molecule is C=CC(=C)N1CCC(N(CC)c2cc(-c3ccc(CN4CCOCC4)c(Cl)c3)cc(C(=O)NCc3c(C)cc(C)[nH]c3=O)c2C)CC1. The zero-order valence-electron chi connectivity index (χ0n) is 28.3. The van der Waals surface area contributed by atoms with Crippen molar-refractivity contribution < 1.29 is 9.53 Å². The van der Waals surface area contributed by atoms with Crippen LogP contribution in [0.1, 0.15) is 58.1 Å². The molecule has 9 heteroatoms. The number of aromatic amines is 1. The maximum absolute atomic E-state index is 13.9. The van der Waals surface area contributed by atoms with Crippen LogP contribution >= 0.6 is 11.6 Å². The summed E-state index contributed by atoms with van der Waals surface area (Å²) in [4.78, 5) is 36.6. The standard InChI is InChI=1S/C38H48ClN5O3/c1-7-27(5)43-13-11-32(12-14-43)44(8-2)36-22-31(29-9-10-30(35(39)21-29)24-42-15-17-47-18-16-42)20-33(28(36)6)37(45)40-23-34-25(3)19-26(4)41-38(34)46/h7,9-10,19-22,32H,1,5,8,11-18,23-24H2,2-4,6H3,(H,40,45)(H,41,46). The van der Waals surface area contributed by atoms with Crippen LogP contribution in [-0.4, -0.2) is 72.7 Å². The van der Waals surface area contributed by atoms with Gasteiger partial charge >= 0.3 is 0 Å². The number of benzene rings is 2. The number of amides is 1. The smallest absolute Gasteiger partial charge is 0.253 e. The number of hydrogen-bond donors (Lipinski definition) is 2. The molecule has 2 saturated heterocycles. The molecule has 0 radical (unpaired) electrons. The van der Waals surface area contributed by atoms with Gasteiger partial charge in [-0.25, -0.2) is 0 Å². The summed E-state index contributed by atoms with van der Waals surface area (Å²) in [5.74, 6) is -0.215. The third-order valence-corrected chi connectivity index (χ3v) is 9.98. The zero-order chi connectivity index (χ0) is 33.7. The van der Waals surface area contributed by atoms with Crippen LogP contribution in [0.25, 0.3) is 11.1 Å². The van der Waals surface area contributed by atoms with E-state index in [0.29, 0.717) is 22.2 Å². The number of aromatic nitrogens is 1. The van der Waals surface area contributed by atoms with Crippen LogP contribution < -0.4 is 15.8 Å². The van der Waals surface area contributed by atoms with E-state index in [1.54, 1.807) is 0 Å². The summed E-state index contributed by atoms with van der Waals surface area (Å²) in [7, 11) is 0. The minimum atomic E-state index is -0.215. The van der Waals surface area contributed by atoms with E-state index < -0.39 is 0 Å². The van der Waals surface area contributed by atoms with Gasteiger partial charge in [-0.1, -0.05) is 36.9 Å². The molecule has 3 heterocycles. The van der Waals surface area contributed by atoms with Crippen molar-refractivity contribution in [3.63, 3.8) is 0 Å². The molecule has 1 amide bonds. The Morgan fingerprint density at radius 1 is 1.09 bits per heavy atom. The number of hydrogen-bond acceptors (Lipinski definition) is 6. The highest BCUT2D eigenvalue weighted by Crippen LogP contribution is 2.36. The molecule has 0 unspecified atom stereocenters. The number of nitrogens with one attached hydrogen (secondary N) is 2. The Kier molecular flexibility index (Phi) is 11.3. The highest BCUT2D eigenvalue weighted by atomic mass is 35.5. The maximum Gasteiger partial charge on any atom is 0.253 e. The van der Waals surface area contributed by atoms with Gasteiger partial charge in [0.1, 0.15) is 0 Å². The van der Waals surface area contributed by atoms with Gasteiger partial charge in [0.2, 0.25) is 0 Å². The lowest BCUT2D eigenvalue weighted by Crippen LogP contribution is -2.44. The molecule has 2 fully saturated rings. The Morgan fingerprint density at radius 3 is 2.45 bits per heavy atom. The van der Waals surface area contributed by atoms with Crippen LogP contribution in [0, 0.1) is 20.8 Å². The Labute approximate surface area is 284 Å². The second-order valence-corrected chi connectivity index (χ2v) is 13.1. The van der Waals surface area contributed by atoms with Gasteiger partial charge in [0.25, 0.3) is 11.5 Å². The minimum absolute atomic E-state index is 0.143. The first-order valence-electron chi connectivity index (χ1n) is 16.6. The molecular formula is C38H48ClN5O3. The number of carbonyl (C=O) groups excluding carboxylic acids is 1. The minimum Gasteiger partial charge on any atom is -0.379 e. The molecule has 0 saturated carbocycles. The number of anilines is 1. The van der Waals surface area contributed by atoms with Crippen LogP contribution in [0.3, 0.4) is 0 Å². The van der Waals surface area contributed by atoms with Gasteiger partial charge in [-0.15, -0.1) is 0 Å². The van der Waals surface area contributed by atoms with Crippen LogP contribution in [0.15, 0.2) is 66.1 Å². The molecular weight excluding hydrogens is 610 g/mol. The molecule has 3 aromatic rings. The number of pyridine rings is 1. The summed E-state index contributed by atoms with van der Waals surface area (Å²) in [6.45, 7) is 22.8. The molecule has 8 nitrogen and oxygen atoms in total. The number of morpholine rings is 1. The number of allylic oxidation sites excluding steroid dienone is 1. The lowest BCUT2D eigenvalue weighted by atomic mass is 9.94. The monoisotopic (exact) mass is 657 g/mol. The summed E-state index contributed by atoms with van der Waals surface area (Å²) in [5, 5.41) is 3.75. The zero-order valence-corrected chi connectivity index (χ0v) is 29.0. The van der Waals surface area contributed by atoms with E-state index in [-0.39, 0.29) is 18.0 Å². The topological polar surface area (TPSA) is 80.9 Å². The van der Waals surface area contributed by atoms with E-state index in [1.165, 1.54) is 0 Å². The Bertz CT molecular complexity index is 1690. The highest BCUT2D eigenvalue weighted by Gasteiger charge is 2.27. The van der Waals surface area contributed by atoms with E-state index in [0.717, 1.165) is 110 Å². The third kappa shape index (κ3) is 8.00. The molecule has 0 bridgehead atoms. The number of likely N-dealkylation sites (tertiary alicyclic amines) is 1. The number of H-pyrrole nitrogens is 1. The van der Waals surface area contributed by atoms with Crippen molar-refractivity contribution in [2.24, 2.45) is 0 Å². The summed E-state index contributed by atoms with van der Waals surface area (Å²) < 4.78 is 5.51. The number of piperidine rings is 1. The van der Waals surface area contributed by atoms with Gasteiger partial charge in [-0.2, -0.15) is 0 Å². The first kappa shape index (κ1) is 34.5. The normalized spacial score (nSPS) is 15.8. The van der Waals surface area contributed by atoms with Crippen molar-refractivity contribution in [1.29, 1.82) is 0 Å². The molecule has 0 atom stereocenters. The molecule has 2 aliphatic rings. The maximum atomic E-state index is 13.9. The van der Waals surface area contributed by atoms with Crippen LogP contribution in [0.4, 0.5) is 5.69 Å². The molecule has 0 spiro atoms. The van der Waals surface area contributed by atoms with E-state index >= 15 is 0 Å². The second-order valence-electron chi connectivity index (χ2n) is 12.7. The fourth-order valence-corrected chi connectivity index (χ4v) is 7.08. The molecule has 0 aliphatic carbocycles. The lowest BCUT2D eigenvalue weighted by Gasteiger charge is -2.41. The van der Waals surface area contributed by atoms with Crippen LogP contribution in [0.2, 0.25) is 5.02 Å². The summed E-state index contributed by atoms with van der Waals surface area (Å²) in [5.41, 5.74) is 8.48. The number of rotatable bonds is 11. The summed E-state index contributed by atoms with van der Waals surface area (Å²) in [6, 6.07) is 12.6. The van der Waals surface area contributed by atoms with Crippen molar-refractivity contribution in [2.45, 2.75) is 59.7 Å². The van der Waals surface area contributed by atoms with Gasteiger partial charge in [-0.3, -0.25) is 14.5 Å². The molecule has 2 N–H and O–H groups in total. The van der Waals surface area contributed by atoms with E-state index in [9.17, 15) is 9.59 Å². The fourth-order valence-electron chi connectivity index (χ4n) is 6.84. The Hall–Kier alpha value is -3.85. The van der Waals surface area contributed by atoms with E-state index in [2.05, 4.69) is 63.3 Å². The summed E-state index contributed by atoms with van der Waals surface area (Å²) >= 11 is 6.89. The predicted octanol–water partition coefficient (Wildman–Crippen LogP) is 6.37. The number of nitrogens with zero attached hydrogens (tertiary/aromatic N) is 3. The molecule has 250 valence electrons. The molecule has 2 aromatic carbocycles. The Morgan fingerprint density at radius 2 is 1.81 bits per heavy atom. The molecule has 5 rings (SSSR count). The van der Waals surface area contributed by atoms with Crippen molar-refractivity contribution >= 4 is 23.2 Å². The summed E-state index contributed by atoms with van der Waals surface area (Å²) in [6.07, 6.45) is 3.77. The fraction of sp³-hybridized carbons (Fsp3) is 0.421. The predicted molar refractivity (Wildman–Crippen MR) is 192 cm³/mol.